The third-order valence-corrected chi connectivity index (χ3v) is 3.08. The molecule has 0 fully saturated rings. The maximum absolute atomic E-state index is 5.37. The smallest absolute Gasteiger partial charge is 0.194 e. The van der Waals surface area contributed by atoms with E-state index in [4.69, 9.17) is 4.74 Å². The van der Waals surface area contributed by atoms with Gasteiger partial charge in [-0.25, -0.2) is 15.0 Å². The number of aromatic nitrogens is 4. The maximum Gasteiger partial charge on any atom is 0.194 e. The van der Waals surface area contributed by atoms with E-state index in [0.29, 0.717) is 11.6 Å². The molecule has 96 valence electrons. The number of ether oxygens (including phenoxy) is 1. The number of anilines is 1. The summed E-state index contributed by atoms with van der Waals surface area (Å²) in [6.07, 6.45) is 6.01. The zero-order valence-electron chi connectivity index (χ0n) is 10.3. The van der Waals surface area contributed by atoms with Crippen molar-refractivity contribution < 1.29 is 4.74 Å². The Labute approximate surface area is 110 Å². The van der Waals surface area contributed by atoms with Crippen LogP contribution in [0.5, 0.6) is 5.75 Å². The van der Waals surface area contributed by atoms with Crippen molar-refractivity contribution in [1.29, 1.82) is 0 Å². The van der Waals surface area contributed by atoms with Gasteiger partial charge in [-0.1, -0.05) is 6.92 Å². The van der Waals surface area contributed by atoms with Crippen LogP contribution >= 0.6 is 11.8 Å². The highest BCUT2D eigenvalue weighted by Crippen LogP contribution is 2.34. The summed E-state index contributed by atoms with van der Waals surface area (Å²) in [4.78, 5) is 15.6. The van der Waals surface area contributed by atoms with Gasteiger partial charge in [-0.15, -0.1) is 0 Å². The number of imidazole rings is 1. The van der Waals surface area contributed by atoms with E-state index < -0.39 is 0 Å². The van der Waals surface area contributed by atoms with Crippen molar-refractivity contribution in [2.75, 3.05) is 19.0 Å². The molecule has 0 radical (unpaired) electrons. The molecule has 0 aliphatic rings. The van der Waals surface area contributed by atoms with Gasteiger partial charge in [0.2, 0.25) is 0 Å². The van der Waals surface area contributed by atoms with Gasteiger partial charge in [0.15, 0.2) is 21.7 Å². The molecule has 6 nitrogen and oxygen atoms in total. The summed E-state index contributed by atoms with van der Waals surface area (Å²) in [7, 11) is 1.61. The van der Waals surface area contributed by atoms with Gasteiger partial charge < -0.3 is 15.0 Å². The van der Waals surface area contributed by atoms with E-state index in [-0.39, 0.29) is 0 Å². The Morgan fingerprint density at radius 3 is 2.94 bits per heavy atom. The van der Waals surface area contributed by atoms with Gasteiger partial charge >= 0.3 is 0 Å². The van der Waals surface area contributed by atoms with Crippen LogP contribution in [0, 0.1) is 0 Å². The lowest BCUT2D eigenvalue weighted by atomic mass is 10.4. The van der Waals surface area contributed by atoms with E-state index >= 15 is 0 Å². The summed E-state index contributed by atoms with van der Waals surface area (Å²) in [5.41, 5.74) is 0. The minimum absolute atomic E-state index is 0.646. The molecule has 2 aromatic heterocycles. The number of methoxy groups -OCH3 is 1. The lowest BCUT2D eigenvalue weighted by molar-refractivity contribution is 0.400. The van der Waals surface area contributed by atoms with E-state index in [0.717, 1.165) is 23.1 Å². The van der Waals surface area contributed by atoms with Crippen LogP contribution in [0.25, 0.3) is 0 Å². The second-order valence-electron chi connectivity index (χ2n) is 3.48. The molecule has 2 heterocycles. The molecule has 0 aliphatic carbocycles. The average molecular weight is 265 g/mol. The van der Waals surface area contributed by atoms with Crippen molar-refractivity contribution >= 4 is 17.6 Å². The molecule has 0 saturated heterocycles. The Balaban J connectivity index is 2.23. The van der Waals surface area contributed by atoms with Crippen molar-refractivity contribution in [2.45, 2.75) is 23.5 Å². The van der Waals surface area contributed by atoms with E-state index in [1.54, 1.807) is 19.5 Å². The Hall–Kier alpha value is -1.76. The van der Waals surface area contributed by atoms with Gasteiger partial charge in [0.1, 0.15) is 6.33 Å². The number of nitrogens with zero attached hydrogens (tertiary/aromatic N) is 3. The Morgan fingerprint density at radius 2 is 2.28 bits per heavy atom. The fraction of sp³-hybridized carbons (Fsp3) is 0.364. The Morgan fingerprint density at radius 1 is 1.39 bits per heavy atom. The molecule has 0 atom stereocenters. The average Bonchev–Trinajstić information content (AvgIpc) is 2.89. The highest BCUT2D eigenvalue weighted by molar-refractivity contribution is 7.99. The monoisotopic (exact) mass is 265 g/mol. The third kappa shape index (κ3) is 2.92. The van der Waals surface area contributed by atoms with Gasteiger partial charge in [-0.05, 0) is 18.2 Å². The summed E-state index contributed by atoms with van der Waals surface area (Å²) in [5, 5.41) is 4.72. The first-order valence-electron chi connectivity index (χ1n) is 5.65. The third-order valence-electron chi connectivity index (χ3n) is 2.18. The lowest BCUT2D eigenvalue weighted by Crippen LogP contribution is -2.05. The molecule has 0 bridgehead atoms. The fourth-order valence-electron chi connectivity index (χ4n) is 1.38. The highest BCUT2D eigenvalue weighted by atomic mass is 32.2. The standard InChI is InChI=1S/C11H15N5OS/c1-3-4-12-9-8(17-2)10(16-7-15-9)18-11-13-5-6-14-11/h5-7H,3-4H2,1-2H3,(H,13,14)(H,12,15,16). The molecule has 0 unspecified atom stereocenters. The molecular weight excluding hydrogens is 250 g/mol. The van der Waals surface area contributed by atoms with Crippen LogP contribution in [0.15, 0.2) is 28.9 Å². The lowest BCUT2D eigenvalue weighted by Gasteiger charge is -2.11. The molecular formula is C11H15N5OS. The van der Waals surface area contributed by atoms with E-state index in [2.05, 4.69) is 32.2 Å². The van der Waals surface area contributed by atoms with Crippen LogP contribution in [0.2, 0.25) is 0 Å². The van der Waals surface area contributed by atoms with Gasteiger partial charge in [-0.3, -0.25) is 0 Å². The zero-order valence-corrected chi connectivity index (χ0v) is 11.1. The van der Waals surface area contributed by atoms with Crippen LogP contribution in [0.3, 0.4) is 0 Å². The molecule has 2 aromatic rings. The second-order valence-corrected chi connectivity index (χ2v) is 4.46. The van der Waals surface area contributed by atoms with Crippen LogP contribution in [0.1, 0.15) is 13.3 Å². The first-order valence-corrected chi connectivity index (χ1v) is 6.47. The van der Waals surface area contributed by atoms with Crippen molar-refractivity contribution in [1.82, 2.24) is 19.9 Å². The summed E-state index contributed by atoms with van der Waals surface area (Å²) in [5.74, 6) is 1.36. The molecule has 0 aromatic carbocycles. The summed E-state index contributed by atoms with van der Waals surface area (Å²) in [6.45, 7) is 2.94. The molecule has 0 amide bonds. The number of hydrogen-bond donors (Lipinski definition) is 2. The van der Waals surface area contributed by atoms with Gasteiger partial charge in [0, 0.05) is 18.9 Å². The second kappa shape index (κ2) is 6.25. The van der Waals surface area contributed by atoms with E-state index in [1.165, 1.54) is 18.1 Å². The quantitative estimate of drug-likeness (QED) is 0.780. The topological polar surface area (TPSA) is 75.7 Å². The Kier molecular flexibility index (Phi) is 4.40. The van der Waals surface area contributed by atoms with Crippen LogP contribution in [-0.2, 0) is 0 Å². The number of rotatable bonds is 6. The number of H-pyrrole nitrogens is 1. The molecule has 2 N–H and O–H groups in total. The number of hydrogen-bond acceptors (Lipinski definition) is 6. The molecule has 0 saturated carbocycles. The zero-order chi connectivity index (χ0) is 12.8. The predicted molar refractivity (Wildman–Crippen MR) is 70.1 cm³/mol. The summed E-state index contributed by atoms with van der Waals surface area (Å²) in [6, 6.07) is 0. The molecule has 0 spiro atoms. The number of nitrogens with one attached hydrogen (secondary N) is 2. The predicted octanol–water partition coefficient (Wildman–Crippen LogP) is 2.18. The van der Waals surface area contributed by atoms with Gasteiger partial charge in [0.25, 0.3) is 0 Å². The first-order chi connectivity index (χ1) is 8.85. The highest BCUT2D eigenvalue weighted by Gasteiger charge is 2.13. The van der Waals surface area contributed by atoms with Crippen molar-refractivity contribution in [2.24, 2.45) is 0 Å². The fourth-order valence-corrected chi connectivity index (χ4v) is 2.18. The van der Waals surface area contributed by atoms with E-state index in [9.17, 15) is 0 Å². The largest absolute Gasteiger partial charge is 0.490 e. The maximum atomic E-state index is 5.37. The normalized spacial score (nSPS) is 10.3. The minimum atomic E-state index is 0.646. The Bertz CT molecular complexity index is 488. The van der Waals surface area contributed by atoms with Crippen molar-refractivity contribution in [3.8, 4) is 5.75 Å². The van der Waals surface area contributed by atoms with E-state index in [1.807, 2.05) is 0 Å². The first kappa shape index (κ1) is 12.7. The van der Waals surface area contributed by atoms with Gasteiger partial charge in [0.05, 0.1) is 7.11 Å². The molecule has 0 aliphatic heterocycles. The molecule has 18 heavy (non-hydrogen) atoms. The minimum Gasteiger partial charge on any atom is -0.490 e. The summed E-state index contributed by atoms with van der Waals surface area (Å²) >= 11 is 1.41. The number of aromatic amines is 1. The van der Waals surface area contributed by atoms with Crippen LogP contribution in [0.4, 0.5) is 5.82 Å². The molecule has 7 heteroatoms. The SMILES string of the molecule is CCCNc1ncnc(Sc2ncc[nH]2)c1OC. The van der Waals surface area contributed by atoms with Crippen molar-refractivity contribution in [3.63, 3.8) is 0 Å². The van der Waals surface area contributed by atoms with Crippen molar-refractivity contribution in [3.05, 3.63) is 18.7 Å². The summed E-state index contributed by atoms with van der Waals surface area (Å²) < 4.78 is 5.37. The van der Waals surface area contributed by atoms with Crippen LogP contribution in [-0.4, -0.2) is 33.6 Å². The molecule has 2 rings (SSSR count). The van der Waals surface area contributed by atoms with Crippen LogP contribution < -0.4 is 10.1 Å². The van der Waals surface area contributed by atoms with Gasteiger partial charge in [-0.2, -0.15) is 0 Å².